The van der Waals surface area contributed by atoms with Crippen LogP contribution in [0.4, 0.5) is 5.69 Å². The number of rotatable bonds is 8. The minimum atomic E-state index is -0.412. The maximum atomic E-state index is 6.38. The molecule has 0 unspecified atom stereocenters. The van der Waals surface area contributed by atoms with Crippen molar-refractivity contribution in [3.8, 4) is 5.75 Å². The Hall–Kier alpha value is -2.19. The van der Waals surface area contributed by atoms with E-state index in [4.69, 9.17) is 23.8 Å². The summed E-state index contributed by atoms with van der Waals surface area (Å²) in [4.78, 5) is 10.8. The molecule has 2 aliphatic rings. The maximum Gasteiger partial charge on any atom is 0.168 e. The molecule has 2 aromatic rings. The molecule has 162 valence electrons. The van der Waals surface area contributed by atoms with Gasteiger partial charge in [-0.15, -0.1) is 0 Å². The number of benzene rings is 1. The molecule has 7 heteroatoms. The number of ether oxygens (including phenoxy) is 4. The Bertz CT molecular complexity index is 800. The van der Waals surface area contributed by atoms with Crippen LogP contribution in [-0.4, -0.2) is 44.2 Å². The molecule has 0 atom stereocenters. The van der Waals surface area contributed by atoms with E-state index in [2.05, 4.69) is 17.1 Å². The van der Waals surface area contributed by atoms with Crippen LogP contribution in [0.5, 0.6) is 5.75 Å². The van der Waals surface area contributed by atoms with Gasteiger partial charge in [0.25, 0.3) is 0 Å². The topological polar surface area (TPSA) is 62.3 Å². The Labute approximate surface area is 177 Å². The van der Waals surface area contributed by atoms with Crippen LogP contribution >= 0.6 is 0 Å². The number of anilines is 1. The van der Waals surface area contributed by atoms with Gasteiger partial charge in [0, 0.05) is 26.1 Å². The highest BCUT2D eigenvalue weighted by molar-refractivity contribution is 5.59. The van der Waals surface area contributed by atoms with Crippen molar-refractivity contribution in [3.63, 3.8) is 0 Å². The third kappa shape index (κ3) is 4.59. The molecule has 1 aromatic heterocycles. The van der Waals surface area contributed by atoms with Gasteiger partial charge in [-0.05, 0) is 24.5 Å². The van der Waals surface area contributed by atoms with Crippen molar-refractivity contribution in [2.75, 3.05) is 32.5 Å². The Morgan fingerprint density at radius 2 is 1.77 bits per heavy atom. The van der Waals surface area contributed by atoms with Crippen LogP contribution in [0.25, 0.3) is 0 Å². The summed E-state index contributed by atoms with van der Waals surface area (Å²) in [5, 5.41) is 1.99. The fraction of sp³-hybridized carbons (Fsp3) is 0.522. The first kappa shape index (κ1) is 21.1. The fourth-order valence-electron chi connectivity index (χ4n) is 4.27. The summed E-state index contributed by atoms with van der Waals surface area (Å²) in [5.41, 5.74) is 2.73. The van der Waals surface area contributed by atoms with Crippen LogP contribution in [0.15, 0.2) is 42.6 Å². The summed E-state index contributed by atoms with van der Waals surface area (Å²) < 4.78 is 22.9. The summed E-state index contributed by atoms with van der Waals surface area (Å²) in [6.07, 6.45) is 5.28. The van der Waals surface area contributed by atoms with E-state index in [9.17, 15) is 0 Å². The smallest absolute Gasteiger partial charge is 0.168 e. The number of hydroxylamine groups is 1. The van der Waals surface area contributed by atoms with Crippen LogP contribution in [0.2, 0.25) is 0 Å². The molecule has 0 N–H and O–H groups in total. The number of methoxy groups -OCH3 is 2. The van der Waals surface area contributed by atoms with Crippen molar-refractivity contribution < 1.29 is 23.8 Å². The van der Waals surface area contributed by atoms with Gasteiger partial charge in [-0.25, -0.2) is 5.06 Å². The molecule has 0 radical (unpaired) electrons. The van der Waals surface area contributed by atoms with Gasteiger partial charge in [0.05, 0.1) is 39.6 Å². The third-order valence-electron chi connectivity index (χ3n) is 5.76. The lowest BCUT2D eigenvalue weighted by atomic mass is 9.89. The summed E-state index contributed by atoms with van der Waals surface area (Å²) in [5.74, 6) is 0.270. The maximum absolute atomic E-state index is 6.38. The summed E-state index contributed by atoms with van der Waals surface area (Å²) >= 11 is 0. The summed E-state index contributed by atoms with van der Waals surface area (Å²) in [6, 6.07) is 12.3. The van der Waals surface area contributed by atoms with Gasteiger partial charge < -0.3 is 18.9 Å². The largest absolute Gasteiger partial charge is 0.492 e. The van der Waals surface area contributed by atoms with E-state index in [-0.39, 0.29) is 6.04 Å². The second-order valence-electron chi connectivity index (χ2n) is 7.67. The Kier molecular flexibility index (Phi) is 6.84. The van der Waals surface area contributed by atoms with Crippen molar-refractivity contribution in [1.29, 1.82) is 0 Å². The van der Waals surface area contributed by atoms with Gasteiger partial charge in [0.1, 0.15) is 11.4 Å². The van der Waals surface area contributed by atoms with E-state index in [0.29, 0.717) is 32.2 Å². The molecule has 4 rings (SSSR count). The SMILES string of the molecule is COCc1nccc(N(OCc2ccccc2)C2CCC3(CC2)OCCO3)c1OC. The van der Waals surface area contributed by atoms with Gasteiger partial charge in [-0.2, -0.15) is 0 Å². The van der Waals surface area contributed by atoms with E-state index in [1.54, 1.807) is 20.4 Å². The highest BCUT2D eigenvalue weighted by atomic mass is 16.7. The molecule has 1 saturated carbocycles. The summed E-state index contributed by atoms with van der Waals surface area (Å²) in [6.45, 7) is 2.20. The molecule has 1 saturated heterocycles. The van der Waals surface area contributed by atoms with E-state index >= 15 is 0 Å². The number of hydrogen-bond acceptors (Lipinski definition) is 7. The Morgan fingerprint density at radius 1 is 1.03 bits per heavy atom. The quantitative estimate of drug-likeness (QED) is 0.608. The lowest BCUT2D eigenvalue weighted by molar-refractivity contribution is -0.181. The van der Waals surface area contributed by atoms with Crippen molar-refractivity contribution in [2.45, 2.75) is 50.7 Å². The highest BCUT2D eigenvalue weighted by Gasteiger charge is 2.42. The number of aromatic nitrogens is 1. The molecule has 7 nitrogen and oxygen atoms in total. The first-order valence-corrected chi connectivity index (χ1v) is 10.5. The average Bonchev–Trinajstić information content (AvgIpc) is 3.24. The van der Waals surface area contributed by atoms with Crippen molar-refractivity contribution in [2.24, 2.45) is 0 Å². The van der Waals surface area contributed by atoms with Crippen LogP contribution in [0.3, 0.4) is 0 Å². The number of pyridine rings is 1. The first-order chi connectivity index (χ1) is 14.7. The van der Waals surface area contributed by atoms with Crippen LogP contribution in [0, 0.1) is 0 Å². The molecule has 2 fully saturated rings. The monoisotopic (exact) mass is 414 g/mol. The molecular formula is C23H30N2O5. The van der Waals surface area contributed by atoms with Gasteiger partial charge in [0.2, 0.25) is 0 Å². The molecule has 0 amide bonds. The van der Waals surface area contributed by atoms with E-state index in [1.165, 1.54) is 0 Å². The van der Waals surface area contributed by atoms with E-state index < -0.39 is 5.79 Å². The molecule has 1 aliphatic heterocycles. The standard InChI is InChI=1S/C23H30N2O5/c1-26-17-20-22(27-2)21(10-13-24-20)25(30-16-18-6-4-3-5-7-18)19-8-11-23(12-9-19)28-14-15-29-23/h3-7,10,13,19H,8-9,11-12,14-17H2,1-2H3. The van der Waals surface area contributed by atoms with Gasteiger partial charge in [-0.1, -0.05) is 30.3 Å². The summed E-state index contributed by atoms with van der Waals surface area (Å²) in [7, 11) is 3.31. The van der Waals surface area contributed by atoms with Gasteiger partial charge in [0.15, 0.2) is 11.5 Å². The molecule has 1 spiro atoms. The molecule has 30 heavy (non-hydrogen) atoms. The second kappa shape index (κ2) is 9.75. The predicted octanol–water partition coefficient (Wildman–Crippen LogP) is 3.86. The minimum absolute atomic E-state index is 0.179. The molecular weight excluding hydrogens is 384 g/mol. The zero-order valence-corrected chi connectivity index (χ0v) is 17.7. The van der Waals surface area contributed by atoms with Crippen molar-refractivity contribution in [1.82, 2.24) is 4.98 Å². The van der Waals surface area contributed by atoms with E-state index in [0.717, 1.165) is 42.6 Å². The number of hydrogen-bond donors (Lipinski definition) is 0. The van der Waals surface area contributed by atoms with Gasteiger partial charge >= 0.3 is 0 Å². The second-order valence-corrected chi connectivity index (χ2v) is 7.67. The molecule has 1 aromatic carbocycles. The molecule has 1 aliphatic carbocycles. The predicted molar refractivity (Wildman–Crippen MR) is 112 cm³/mol. The highest BCUT2D eigenvalue weighted by Crippen LogP contribution is 2.41. The van der Waals surface area contributed by atoms with Crippen LogP contribution in [0.1, 0.15) is 36.9 Å². The van der Waals surface area contributed by atoms with Gasteiger partial charge in [-0.3, -0.25) is 9.82 Å². The molecule has 2 heterocycles. The lowest BCUT2D eigenvalue weighted by Gasteiger charge is -2.40. The van der Waals surface area contributed by atoms with Crippen molar-refractivity contribution in [3.05, 3.63) is 53.9 Å². The minimum Gasteiger partial charge on any atom is -0.492 e. The third-order valence-corrected chi connectivity index (χ3v) is 5.76. The van der Waals surface area contributed by atoms with E-state index in [1.807, 2.05) is 29.3 Å². The van der Waals surface area contributed by atoms with Crippen LogP contribution < -0.4 is 9.80 Å². The number of nitrogens with zero attached hydrogens (tertiary/aromatic N) is 2. The molecule has 0 bridgehead atoms. The zero-order valence-electron chi connectivity index (χ0n) is 17.7. The zero-order chi connectivity index (χ0) is 20.8. The normalized spacial score (nSPS) is 18.6. The Morgan fingerprint density at radius 3 is 2.43 bits per heavy atom. The fourth-order valence-corrected chi connectivity index (χ4v) is 4.27. The average molecular weight is 415 g/mol. The van der Waals surface area contributed by atoms with Crippen molar-refractivity contribution >= 4 is 5.69 Å². The lowest BCUT2D eigenvalue weighted by Crippen LogP contribution is -2.44. The Balaban J connectivity index is 1.58. The first-order valence-electron chi connectivity index (χ1n) is 10.5. The van der Waals surface area contributed by atoms with Crippen LogP contribution in [-0.2, 0) is 32.3 Å².